The van der Waals surface area contributed by atoms with E-state index in [1.165, 1.54) is 0 Å². The third kappa shape index (κ3) is 5.33. The average Bonchev–Trinajstić information content (AvgIpc) is 2.45. The molecule has 0 saturated heterocycles. The second-order valence-corrected chi connectivity index (χ2v) is 6.42. The van der Waals surface area contributed by atoms with Crippen LogP contribution in [0.4, 0.5) is 0 Å². The molecule has 0 aromatic carbocycles. The third-order valence-corrected chi connectivity index (χ3v) is 5.02. The average molecular weight is 300 g/mol. The molecule has 0 amide bonds. The first kappa shape index (κ1) is 17.3. The maximum absolute atomic E-state index is 12.9. The van der Waals surface area contributed by atoms with E-state index in [0.29, 0.717) is 26.3 Å². The Morgan fingerprint density at radius 2 is 1.75 bits per heavy atom. The topological polar surface area (TPSA) is 51.7 Å². The van der Waals surface area contributed by atoms with Gasteiger partial charge in [0.1, 0.15) is 0 Å². The van der Waals surface area contributed by atoms with Gasteiger partial charge in [-0.05, 0) is 38.0 Å². The fourth-order valence-corrected chi connectivity index (χ4v) is 3.63. The Morgan fingerprint density at radius 1 is 1.15 bits per heavy atom. The first-order valence-electron chi connectivity index (χ1n) is 7.19. The number of rotatable bonds is 10. The van der Waals surface area contributed by atoms with Crippen LogP contribution in [0.2, 0.25) is 0 Å². The van der Waals surface area contributed by atoms with Gasteiger partial charge in [0.25, 0.3) is 0 Å². The summed E-state index contributed by atoms with van der Waals surface area (Å²) in [6.45, 7) is 7.74. The number of unbranched alkanes of at least 4 members (excludes halogenated alkanes) is 1. The monoisotopic (exact) mass is 300 g/mol. The summed E-state index contributed by atoms with van der Waals surface area (Å²) < 4.78 is 25.6. The maximum Gasteiger partial charge on any atom is 0.408 e. The molecule has 20 heavy (non-hydrogen) atoms. The molecule has 0 atom stereocenters. The van der Waals surface area contributed by atoms with Gasteiger partial charge in [0.05, 0.1) is 13.2 Å². The molecule has 114 valence electrons. The molecule has 0 aliphatic rings. The van der Waals surface area contributed by atoms with Gasteiger partial charge in [0.2, 0.25) is 0 Å². The Balaban J connectivity index is 2.87. The van der Waals surface area contributed by atoms with Crippen LogP contribution in [-0.2, 0) is 20.2 Å². The van der Waals surface area contributed by atoms with Crippen molar-refractivity contribution >= 4 is 7.75 Å². The first-order chi connectivity index (χ1) is 9.66. The smallest absolute Gasteiger partial charge is 0.297 e. The van der Waals surface area contributed by atoms with Gasteiger partial charge in [-0.1, -0.05) is 13.3 Å². The molecule has 0 aliphatic heterocycles. The minimum absolute atomic E-state index is 0.371. The molecule has 5 nitrogen and oxygen atoms in total. The highest BCUT2D eigenvalue weighted by Gasteiger charge is 2.32. The molecule has 1 rings (SSSR count). The van der Waals surface area contributed by atoms with E-state index in [1.807, 2.05) is 30.7 Å². The van der Waals surface area contributed by atoms with Crippen LogP contribution in [0.1, 0.15) is 39.2 Å². The van der Waals surface area contributed by atoms with Gasteiger partial charge in [0, 0.05) is 25.5 Å². The summed E-state index contributed by atoms with van der Waals surface area (Å²) in [6, 6.07) is 3.84. The van der Waals surface area contributed by atoms with Crippen molar-refractivity contribution in [2.24, 2.45) is 0 Å². The molecule has 0 fully saturated rings. The molecule has 0 saturated carbocycles. The van der Waals surface area contributed by atoms with E-state index in [4.69, 9.17) is 9.05 Å². The normalized spacial score (nSPS) is 12.0. The minimum atomic E-state index is -3.21. The van der Waals surface area contributed by atoms with Crippen molar-refractivity contribution in [1.29, 1.82) is 0 Å². The summed E-state index contributed by atoms with van der Waals surface area (Å²) in [6.07, 6.45) is 5.46. The highest BCUT2D eigenvalue weighted by Crippen LogP contribution is 2.52. The van der Waals surface area contributed by atoms with Crippen LogP contribution in [0.15, 0.2) is 24.5 Å². The fraction of sp³-hybridized carbons (Fsp3) is 0.643. The summed E-state index contributed by atoms with van der Waals surface area (Å²) in [4.78, 5) is 4.00. The second-order valence-electron chi connectivity index (χ2n) is 4.40. The van der Waals surface area contributed by atoms with Gasteiger partial charge in [-0.2, -0.15) is 0 Å². The zero-order valence-electron chi connectivity index (χ0n) is 12.6. The van der Waals surface area contributed by atoms with Gasteiger partial charge in [-0.3, -0.25) is 14.0 Å². The third-order valence-electron chi connectivity index (χ3n) is 2.82. The number of hydrogen-bond donors (Lipinski definition) is 0. The Labute approximate surface area is 121 Å². The van der Waals surface area contributed by atoms with Crippen molar-refractivity contribution in [1.82, 2.24) is 9.65 Å². The zero-order chi connectivity index (χ0) is 14.8. The molecule has 0 aliphatic carbocycles. The molecular formula is C14H25N2O3P. The van der Waals surface area contributed by atoms with Crippen LogP contribution < -0.4 is 0 Å². The van der Waals surface area contributed by atoms with Gasteiger partial charge < -0.3 is 0 Å². The number of aromatic nitrogens is 1. The van der Waals surface area contributed by atoms with Crippen LogP contribution in [0.3, 0.4) is 0 Å². The Kier molecular flexibility index (Phi) is 8.00. The van der Waals surface area contributed by atoms with Crippen molar-refractivity contribution in [2.45, 2.75) is 40.2 Å². The highest BCUT2D eigenvalue weighted by molar-refractivity contribution is 7.51. The Morgan fingerprint density at radius 3 is 2.25 bits per heavy atom. The fourth-order valence-electron chi connectivity index (χ4n) is 1.85. The lowest BCUT2D eigenvalue weighted by Gasteiger charge is -2.29. The lowest BCUT2D eigenvalue weighted by Crippen LogP contribution is -2.24. The second kappa shape index (κ2) is 9.24. The summed E-state index contributed by atoms with van der Waals surface area (Å²) in [5, 5.41) is 0. The molecule has 1 heterocycles. The lowest BCUT2D eigenvalue weighted by molar-refractivity contribution is 0.163. The summed E-state index contributed by atoms with van der Waals surface area (Å²) >= 11 is 0. The van der Waals surface area contributed by atoms with Crippen molar-refractivity contribution in [3.63, 3.8) is 0 Å². The van der Waals surface area contributed by atoms with Gasteiger partial charge in [-0.25, -0.2) is 9.24 Å². The maximum atomic E-state index is 12.9. The Bertz CT molecular complexity index is 404. The predicted molar refractivity (Wildman–Crippen MR) is 80.4 cm³/mol. The molecular weight excluding hydrogens is 275 g/mol. The number of nitrogens with zero attached hydrogens (tertiary/aromatic N) is 2. The molecule has 0 spiro atoms. The predicted octanol–water partition coefficient (Wildman–Crippen LogP) is 3.86. The molecule has 0 unspecified atom stereocenters. The summed E-state index contributed by atoms with van der Waals surface area (Å²) in [7, 11) is -3.21. The molecule has 6 heteroatoms. The van der Waals surface area contributed by atoms with Crippen molar-refractivity contribution in [3.8, 4) is 0 Å². The van der Waals surface area contributed by atoms with Crippen LogP contribution in [0, 0.1) is 0 Å². The van der Waals surface area contributed by atoms with Gasteiger partial charge in [-0.15, -0.1) is 0 Å². The molecule has 0 bridgehead atoms. The van der Waals surface area contributed by atoms with Crippen LogP contribution in [0.25, 0.3) is 0 Å². The van der Waals surface area contributed by atoms with E-state index in [0.717, 1.165) is 18.4 Å². The standard InChI is InChI=1S/C14H25N2O3P/c1-4-7-12-16(13-14-8-10-15-11-9-14)20(17,18-5-2)19-6-3/h8-11H,4-7,12-13H2,1-3H3. The highest BCUT2D eigenvalue weighted by atomic mass is 31.2. The lowest BCUT2D eigenvalue weighted by atomic mass is 10.2. The molecule has 0 radical (unpaired) electrons. The SMILES string of the molecule is CCCCN(Cc1ccncc1)P(=O)(OCC)OCC. The van der Waals surface area contributed by atoms with Crippen LogP contribution in [0.5, 0.6) is 0 Å². The van der Waals surface area contributed by atoms with E-state index in [9.17, 15) is 4.57 Å². The van der Waals surface area contributed by atoms with E-state index >= 15 is 0 Å². The molecule has 1 aromatic rings. The number of pyridine rings is 1. The Hall–Kier alpha value is -0.740. The van der Waals surface area contributed by atoms with E-state index in [1.54, 1.807) is 12.4 Å². The zero-order valence-corrected chi connectivity index (χ0v) is 13.5. The first-order valence-corrected chi connectivity index (χ1v) is 8.69. The van der Waals surface area contributed by atoms with Crippen LogP contribution in [-0.4, -0.2) is 29.4 Å². The van der Waals surface area contributed by atoms with Crippen molar-refractivity contribution in [3.05, 3.63) is 30.1 Å². The van der Waals surface area contributed by atoms with Gasteiger partial charge in [0.15, 0.2) is 0 Å². The molecule has 0 N–H and O–H groups in total. The van der Waals surface area contributed by atoms with E-state index < -0.39 is 7.75 Å². The largest absolute Gasteiger partial charge is 0.408 e. The van der Waals surface area contributed by atoms with E-state index in [2.05, 4.69) is 11.9 Å². The summed E-state index contributed by atoms with van der Waals surface area (Å²) in [5.41, 5.74) is 1.05. The number of hydrogen-bond acceptors (Lipinski definition) is 4. The van der Waals surface area contributed by atoms with Gasteiger partial charge >= 0.3 is 7.75 Å². The molecule has 1 aromatic heterocycles. The van der Waals surface area contributed by atoms with E-state index in [-0.39, 0.29) is 0 Å². The van der Waals surface area contributed by atoms with Crippen LogP contribution >= 0.6 is 7.75 Å². The quantitative estimate of drug-likeness (QED) is 0.614. The summed E-state index contributed by atoms with van der Waals surface area (Å²) in [5.74, 6) is 0. The minimum Gasteiger partial charge on any atom is -0.297 e. The van der Waals surface area contributed by atoms with Crippen molar-refractivity contribution < 1.29 is 13.6 Å². The van der Waals surface area contributed by atoms with Crippen molar-refractivity contribution in [2.75, 3.05) is 19.8 Å².